The van der Waals surface area contributed by atoms with Crippen LogP contribution < -0.4 is 5.32 Å². The molecule has 1 aromatic carbocycles. The van der Waals surface area contributed by atoms with Crippen LogP contribution in [0, 0.1) is 15.5 Å². The van der Waals surface area contributed by atoms with Crippen molar-refractivity contribution in [3.8, 4) is 0 Å². The lowest BCUT2D eigenvalue weighted by Gasteiger charge is -2.49. The molecule has 114 valence electrons. The topological polar surface area (TPSA) is 92.5 Å². The van der Waals surface area contributed by atoms with Gasteiger partial charge in [-0.2, -0.15) is 0 Å². The maximum absolute atomic E-state index is 12.2. The summed E-state index contributed by atoms with van der Waals surface area (Å²) in [5.41, 5.74) is -0.803. The van der Waals surface area contributed by atoms with E-state index >= 15 is 0 Å². The highest BCUT2D eigenvalue weighted by atomic mass is 35.5. The second kappa shape index (κ2) is 5.44. The van der Waals surface area contributed by atoms with E-state index in [9.17, 15) is 20.0 Å². The van der Waals surface area contributed by atoms with Crippen molar-refractivity contribution in [2.45, 2.75) is 32.4 Å². The number of nitro benzene ring substituents is 1. The van der Waals surface area contributed by atoms with Gasteiger partial charge in [0.2, 0.25) is 0 Å². The van der Waals surface area contributed by atoms with Crippen LogP contribution in [0.25, 0.3) is 0 Å². The van der Waals surface area contributed by atoms with Gasteiger partial charge in [-0.3, -0.25) is 14.9 Å². The number of aliphatic hydroxyl groups excluding tert-OH is 1. The molecule has 0 spiro atoms. The van der Waals surface area contributed by atoms with Crippen molar-refractivity contribution in [1.82, 2.24) is 5.32 Å². The van der Waals surface area contributed by atoms with E-state index in [0.717, 1.165) is 12.1 Å². The van der Waals surface area contributed by atoms with E-state index in [1.54, 1.807) is 0 Å². The highest BCUT2D eigenvalue weighted by Crippen LogP contribution is 2.41. The number of nitrogens with one attached hydrogen (secondary N) is 1. The second-order valence-electron chi connectivity index (χ2n) is 5.65. The third kappa shape index (κ3) is 2.84. The van der Waals surface area contributed by atoms with E-state index in [1.165, 1.54) is 0 Å². The average molecular weight is 333 g/mol. The van der Waals surface area contributed by atoms with Crippen molar-refractivity contribution in [2.75, 3.05) is 0 Å². The van der Waals surface area contributed by atoms with E-state index < -0.39 is 22.3 Å². The molecule has 0 heterocycles. The number of halogens is 2. The quantitative estimate of drug-likeness (QED) is 0.657. The smallest absolute Gasteiger partial charge is 0.271 e. The molecular weight excluding hydrogens is 319 g/mol. The van der Waals surface area contributed by atoms with Crippen molar-refractivity contribution in [1.29, 1.82) is 0 Å². The highest BCUT2D eigenvalue weighted by molar-refractivity contribution is 6.44. The molecule has 8 heteroatoms. The van der Waals surface area contributed by atoms with Gasteiger partial charge in [-0.25, -0.2) is 0 Å². The Bertz CT molecular complexity index is 618. The Morgan fingerprint density at radius 3 is 2.57 bits per heavy atom. The van der Waals surface area contributed by atoms with Gasteiger partial charge in [0.1, 0.15) is 0 Å². The van der Waals surface area contributed by atoms with Gasteiger partial charge in [0, 0.05) is 23.6 Å². The van der Waals surface area contributed by atoms with Crippen LogP contribution in [0.15, 0.2) is 12.1 Å². The number of aliphatic hydroxyl groups is 1. The van der Waals surface area contributed by atoms with Crippen LogP contribution >= 0.6 is 23.2 Å². The minimum atomic E-state index is -0.643. The molecule has 1 aliphatic carbocycles. The molecule has 1 amide bonds. The maximum atomic E-state index is 12.2. The molecule has 1 saturated carbocycles. The molecule has 0 aliphatic heterocycles. The minimum Gasteiger partial charge on any atom is -0.392 e. The van der Waals surface area contributed by atoms with Crippen LogP contribution in [0.1, 0.15) is 30.6 Å². The molecule has 2 rings (SSSR count). The maximum Gasteiger partial charge on any atom is 0.271 e. The fourth-order valence-electron chi connectivity index (χ4n) is 2.23. The second-order valence-corrected chi connectivity index (χ2v) is 6.43. The Morgan fingerprint density at radius 1 is 1.48 bits per heavy atom. The molecule has 2 atom stereocenters. The summed E-state index contributed by atoms with van der Waals surface area (Å²) in [5.74, 6) is -0.546. The van der Waals surface area contributed by atoms with Crippen molar-refractivity contribution >= 4 is 34.8 Å². The summed E-state index contributed by atoms with van der Waals surface area (Å²) in [6.07, 6.45) is -0.0640. The SMILES string of the molecule is CC1(C)C(O)CC1NC(=O)c1cc([N+](=O)[O-])cc(Cl)c1Cl. The number of rotatable bonds is 3. The van der Waals surface area contributed by atoms with Gasteiger partial charge >= 0.3 is 0 Å². The molecule has 0 radical (unpaired) electrons. The summed E-state index contributed by atoms with van der Waals surface area (Å²) in [6.45, 7) is 3.66. The Kier molecular flexibility index (Phi) is 4.15. The predicted molar refractivity (Wildman–Crippen MR) is 78.8 cm³/mol. The Labute approximate surface area is 131 Å². The van der Waals surface area contributed by atoms with Gasteiger partial charge in [0.05, 0.1) is 26.6 Å². The van der Waals surface area contributed by atoms with Crippen LogP contribution in [0.3, 0.4) is 0 Å². The predicted octanol–water partition coefficient (Wildman–Crippen LogP) is 2.79. The first kappa shape index (κ1) is 16.0. The lowest BCUT2D eigenvalue weighted by molar-refractivity contribution is -0.384. The first-order chi connectivity index (χ1) is 9.64. The Balaban J connectivity index is 2.26. The van der Waals surface area contributed by atoms with E-state index in [-0.39, 0.29) is 27.3 Å². The summed E-state index contributed by atoms with van der Waals surface area (Å²) < 4.78 is 0. The van der Waals surface area contributed by atoms with Gasteiger partial charge in [0.15, 0.2) is 0 Å². The van der Waals surface area contributed by atoms with Crippen molar-refractivity contribution in [3.63, 3.8) is 0 Å². The number of hydrogen-bond acceptors (Lipinski definition) is 4. The molecule has 21 heavy (non-hydrogen) atoms. The van der Waals surface area contributed by atoms with Crippen molar-refractivity contribution in [2.24, 2.45) is 5.41 Å². The number of hydrogen-bond donors (Lipinski definition) is 2. The number of nitro groups is 1. The Hall–Kier alpha value is -1.37. The molecular formula is C13H14Cl2N2O4. The summed E-state index contributed by atoms with van der Waals surface area (Å²) >= 11 is 11.8. The minimum absolute atomic E-state index is 0.0301. The van der Waals surface area contributed by atoms with E-state index in [0.29, 0.717) is 6.42 Å². The number of carbonyl (C=O) groups excluding carboxylic acids is 1. The lowest BCUT2D eigenvalue weighted by Crippen LogP contribution is -2.61. The molecule has 2 N–H and O–H groups in total. The fraction of sp³-hybridized carbons (Fsp3) is 0.462. The number of non-ortho nitro benzene ring substituents is 1. The number of nitrogens with zero attached hydrogens (tertiary/aromatic N) is 1. The van der Waals surface area contributed by atoms with Crippen LogP contribution in [0.4, 0.5) is 5.69 Å². The van der Waals surface area contributed by atoms with Crippen LogP contribution in [-0.4, -0.2) is 28.1 Å². The van der Waals surface area contributed by atoms with Crippen LogP contribution in [0.5, 0.6) is 0 Å². The first-order valence-electron chi connectivity index (χ1n) is 6.27. The number of amides is 1. The van der Waals surface area contributed by atoms with E-state index in [1.807, 2.05) is 13.8 Å². The van der Waals surface area contributed by atoms with Gasteiger partial charge in [0.25, 0.3) is 11.6 Å². The summed E-state index contributed by atoms with van der Waals surface area (Å²) in [6, 6.07) is 1.96. The van der Waals surface area contributed by atoms with Gasteiger partial charge in [-0.1, -0.05) is 37.0 Å². The van der Waals surface area contributed by atoms with Crippen molar-refractivity contribution in [3.05, 3.63) is 37.9 Å². The zero-order valence-corrected chi connectivity index (χ0v) is 12.9. The standard InChI is InChI=1S/C13H14Cl2N2O4/c1-13(2)9(5-10(13)18)16-12(19)7-3-6(17(20)21)4-8(14)11(7)15/h3-4,9-10,18H,5H2,1-2H3,(H,16,19). The molecule has 6 nitrogen and oxygen atoms in total. The van der Waals surface area contributed by atoms with Gasteiger partial charge in [-0.15, -0.1) is 0 Å². The van der Waals surface area contributed by atoms with E-state index in [2.05, 4.69) is 5.32 Å². The third-order valence-corrected chi connectivity index (χ3v) is 4.79. The largest absolute Gasteiger partial charge is 0.392 e. The summed E-state index contributed by atoms with van der Waals surface area (Å²) in [4.78, 5) is 22.4. The first-order valence-corrected chi connectivity index (χ1v) is 7.02. The zero-order chi connectivity index (χ0) is 15.9. The number of carbonyl (C=O) groups is 1. The highest BCUT2D eigenvalue weighted by Gasteiger charge is 2.48. The molecule has 0 saturated heterocycles. The van der Waals surface area contributed by atoms with Crippen LogP contribution in [0.2, 0.25) is 10.0 Å². The Morgan fingerprint density at radius 2 is 2.10 bits per heavy atom. The van der Waals surface area contributed by atoms with E-state index in [4.69, 9.17) is 23.2 Å². The lowest BCUT2D eigenvalue weighted by atomic mass is 9.64. The zero-order valence-electron chi connectivity index (χ0n) is 11.4. The number of benzene rings is 1. The molecule has 0 aromatic heterocycles. The fourth-order valence-corrected chi connectivity index (χ4v) is 2.64. The average Bonchev–Trinajstić information content (AvgIpc) is 2.40. The van der Waals surface area contributed by atoms with Crippen LogP contribution in [-0.2, 0) is 0 Å². The molecule has 2 unspecified atom stereocenters. The molecule has 1 aliphatic rings. The molecule has 1 fully saturated rings. The normalized spacial score (nSPS) is 23.3. The monoisotopic (exact) mass is 332 g/mol. The summed E-state index contributed by atoms with van der Waals surface area (Å²) in [7, 11) is 0. The van der Waals surface area contributed by atoms with Gasteiger partial charge in [-0.05, 0) is 6.42 Å². The van der Waals surface area contributed by atoms with Crippen molar-refractivity contribution < 1.29 is 14.8 Å². The third-order valence-electron chi connectivity index (χ3n) is 3.99. The van der Waals surface area contributed by atoms with Gasteiger partial charge < -0.3 is 10.4 Å². The summed E-state index contributed by atoms with van der Waals surface area (Å²) in [5, 5.41) is 23.1. The molecule has 1 aromatic rings. The molecule has 0 bridgehead atoms.